The Bertz CT molecular complexity index is 720. The first-order chi connectivity index (χ1) is 11.7. The molecule has 8 heteroatoms. The van der Waals surface area contributed by atoms with Crippen LogP contribution in [0.15, 0.2) is 29.4 Å². The number of nitrogens with zero attached hydrogens (tertiary/aromatic N) is 4. The number of esters is 1. The molecule has 7 nitrogen and oxygen atoms in total. The van der Waals surface area contributed by atoms with E-state index in [1.807, 2.05) is 26.6 Å². The molecular formula is C16H18N4O3S. The van der Waals surface area contributed by atoms with Crippen molar-refractivity contribution in [2.24, 2.45) is 0 Å². The molecule has 0 aliphatic carbocycles. The second kappa shape index (κ2) is 7.39. The van der Waals surface area contributed by atoms with Gasteiger partial charge in [-0.2, -0.15) is 11.3 Å². The summed E-state index contributed by atoms with van der Waals surface area (Å²) in [5.41, 5.74) is 1.07. The summed E-state index contributed by atoms with van der Waals surface area (Å²) in [5, 5.41) is 3.77. The van der Waals surface area contributed by atoms with Gasteiger partial charge < -0.3 is 14.5 Å². The van der Waals surface area contributed by atoms with Gasteiger partial charge in [0.25, 0.3) is 5.91 Å². The van der Waals surface area contributed by atoms with E-state index in [0.29, 0.717) is 37.6 Å². The Hall–Kier alpha value is -2.48. The van der Waals surface area contributed by atoms with Crippen molar-refractivity contribution in [2.75, 3.05) is 38.2 Å². The van der Waals surface area contributed by atoms with Crippen LogP contribution in [-0.2, 0) is 4.74 Å². The Morgan fingerprint density at radius 1 is 1.25 bits per heavy atom. The van der Waals surface area contributed by atoms with Crippen molar-refractivity contribution >= 4 is 29.0 Å². The lowest BCUT2D eigenvalue weighted by Crippen LogP contribution is -2.35. The standard InChI is InChI=1S/C16H18N4O3S/c1-23-16(22)13-9-17-11-18-14(13)19-4-2-5-20(7-6-19)15(21)12-3-8-24-10-12/h3,8-11H,2,4-7H2,1H3. The van der Waals surface area contributed by atoms with Gasteiger partial charge in [-0.3, -0.25) is 4.79 Å². The van der Waals surface area contributed by atoms with Crippen LogP contribution < -0.4 is 4.90 Å². The molecule has 0 saturated carbocycles. The second-order valence-electron chi connectivity index (χ2n) is 5.40. The van der Waals surface area contributed by atoms with Gasteiger partial charge in [0.1, 0.15) is 17.7 Å². The molecule has 0 unspecified atom stereocenters. The van der Waals surface area contributed by atoms with Gasteiger partial charge >= 0.3 is 5.97 Å². The molecule has 0 N–H and O–H groups in total. The first-order valence-corrected chi connectivity index (χ1v) is 8.59. The van der Waals surface area contributed by atoms with Crippen molar-refractivity contribution < 1.29 is 14.3 Å². The normalized spacial score (nSPS) is 15.0. The van der Waals surface area contributed by atoms with Gasteiger partial charge in [-0.05, 0) is 17.9 Å². The number of ether oxygens (including phenoxy) is 1. The predicted octanol–water partition coefficient (Wildman–Crippen LogP) is 1.68. The summed E-state index contributed by atoms with van der Waals surface area (Å²) in [6, 6.07) is 1.84. The van der Waals surface area contributed by atoms with E-state index in [2.05, 4.69) is 9.97 Å². The van der Waals surface area contributed by atoms with E-state index in [9.17, 15) is 9.59 Å². The van der Waals surface area contributed by atoms with E-state index in [1.165, 1.54) is 31.0 Å². The fraction of sp³-hybridized carbons (Fsp3) is 0.375. The van der Waals surface area contributed by atoms with E-state index in [-0.39, 0.29) is 5.91 Å². The molecule has 0 radical (unpaired) electrons. The molecule has 1 fully saturated rings. The number of anilines is 1. The zero-order chi connectivity index (χ0) is 16.9. The second-order valence-corrected chi connectivity index (χ2v) is 6.18. The zero-order valence-electron chi connectivity index (χ0n) is 13.3. The molecule has 3 heterocycles. The lowest BCUT2D eigenvalue weighted by molar-refractivity contribution is 0.0600. The number of methoxy groups -OCH3 is 1. The van der Waals surface area contributed by atoms with Gasteiger partial charge in [0.15, 0.2) is 0 Å². The molecule has 1 amide bonds. The summed E-state index contributed by atoms with van der Waals surface area (Å²) in [7, 11) is 1.34. The van der Waals surface area contributed by atoms with Crippen LogP contribution in [0.4, 0.5) is 5.82 Å². The van der Waals surface area contributed by atoms with Crippen LogP contribution >= 0.6 is 11.3 Å². The summed E-state index contributed by atoms with van der Waals surface area (Å²) in [4.78, 5) is 36.4. The van der Waals surface area contributed by atoms with Crippen molar-refractivity contribution in [3.63, 3.8) is 0 Å². The molecule has 0 bridgehead atoms. The molecule has 0 aromatic carbocycles. The summed E-state index contributed by atoms with van der Waals surface area (Å²) >= 11 is 1.52. The molecule has 3 rings (SSSR count). The van der Waals surface area contributed by atoms with Crippen LogP contribution in [0.3, 0.4) is 0 Å². The molecule has 126 valence electrons. The van der Waals surface area contributed by atoms with E-state index >= 15 is 0 Å². The van der Waals surface area contributed by atoms with Crippen molar-refractivity contribution in [3.05, 3.63) is 40.5 Å². The van der Waals surface area contributed by atoms with E-state index in [0.717, 1.165) is 12.0 Å². The smallest absolute Gasteiger partial charge is 0.343 e. The Kier molecular flexibility index (Phi) is 5.05. The number of thiophene rings is 1. The first-order valence-electron chi connectivity index (χ1n) is 7.65. The summed E-state index contributed by atoms with van der Waals surface area (Å²) < 4.78 is 4.80. The van der Waals surface area contributed by atoms with Crippen LogP contribution in [0.2, 0.25) is 0 Å². The third-order valence-corrected chi connectivity index (χ3v) is 4.63. The number of amides is 1. The fourth-order valence-electron chi connectivity index (χ4n) is 2.73. The molecule has 2 aromatic rings. The zero-order valence-corrected chi connectivity index (χ0v) is 14.2. The Morgan fingerprint density at radius 2 is 2.12 bits per heavy atom. The minimum atomic E-state index is -0.457. The highest BCUT2D eigenvalue weighted by Crippen LogP contribution is 2.20. The summed E-state index contributed by atoms with van der Waals surface area (Å²) in [6.45, 7) is 2.59. The van der Waals surface area contributed by atoms with Gasteiger partial charge in [0.2, 0.25) is 0 Å². The number of hydrogen-bond acceptors (Lipinski definition) is 7. The Labute approximate surface area is 143 Å². The monoisotopic (exact) mass is 346 g/mol. The lowest BCUT2D eigenvalue weighted by atomic mass is 10.2. The van der Waals surface area contributed by atoms with Gasteiger partial charge in [-0.15, -0.1) is 0 Å². The highest BCUT2D eigenvalue weighted by atomic mass is 32.1. The fourth-order valence-corrected chi connectivity index (χ4v) is 3.36. The van der Waals surface area contributed by atoms with Crippen LogP contribution in [0.5, 0.6) is 0 Å². The molecule has 0 spiro atoms. The van der Waals surface area contributed by atoms with Crippen LogP contribution in [0.25, 0.3) is 0 Å². The maximum atomic E-state index is 12.5. The lowest BCUT2D eigenvalue weighted by Gasteiger charge is -2.23. The number of carbonyl (C=O) groups excluding carboxylic acids is 2. The van der Waals surface area contributed by atoms with Gasteiger partial charge in [0.05, 0.1) is 12.7 Å². The number of aromatic nitrogens is 2. The van der Waals surface area contributed by atoms with Gasteiger partial charge in [-0.1, -0.05) is 0 Å². The van der Waals surface area contributed by atoms with E-state index < -0.39 is 5.97 Å². The Balaban J connectivity index is 1.75. The van der Waals surface area contributed by atoms with Crippen molar-refractivity contribution in [1.29, 1.82) is 0 Å². The molecule has 24 heavy (non-hydrogen) atoms. The van der Waals surface area contributed by atoms with E-state index in [4.69, 9.17) is 4.74 Å². The van der Waals surface area contributed by atoms with Crippen LogP contribution in [0, 0.1) is 0 Å². The third kappa shape index (κ3) is 3.38. The SMILES string of the molecule is COC(=O)c1cncnc1N1CCCN(C(=O)c2ccsc2)CC1. The largest absolute Gasteiger partial charge is 0.465 e. The molecule has 1 aliphatic rings. The molecule has 2 aromatic heterocycles. The number of hydrogen-bond donors (Lipinski definition) is 0. The minimum absolute atomic E-state index is 0.0500. The van der Waals surface area contributed by atoms with Crippen molar-refractivity contribution in [1.82, 2.24) is 14.9 Å². The van der Waals surface area contributed by atoms with Crippen LogP contribution in [-0.4, -0.2) is 60.0 Å². The molecule has 0 atom stereocenters. The quantitative estimate of drug-likeness (QED) is 0.787. The topological polar surface area (TPSA) is 75.6 Å². The summed E-state index contributed by atoms with van der Waals surface area (Å²) in [5.74, 6) is 0.150. The highest BCUT2D eigenvalue weighted by Gasteiger charge is 2.24. The maximum Gasteiger partial charge on any atom is 0.343 e. The first kappa shape index (κ1) is 16.4. The average molecular weight is 346 g/mol. The number of rotatable bonds is 3. The third-order valence-electron chi connectivity index (χ3n) is 3.95. The molecular weight excluding hydrogens is 328 g/mol. The van der Waals surface area contributed by atoms with Gasteiger partial charge in [0, 0.05) is 37.8 Å². The number of carbonyl (C=O) groups is 2. The maximum absolute atomic E-state index is 12.5. The van der Waals surface area contributed by atoms with E-state index in [1.54, 1.807) is 0 Å². The van der Waals surface area contributed by atoms with Crippen LogP contribution in [0.1, 0.15) is 27.1 Å². The molecule has 1 saturated heterocycles. The summed E-state index contributed by atoms with van der Waals surface area (Å²) in [6.07, 6.45) is 3.69. The predicted molar refractivity (Wildman–Crippen MR) is 90.4 cm³/mol. The minimum Gasteiger partial charge on any atom is -0.465 e. The molecule has 1 aliphatic heterocycles. The van der Waals surface area contributed by atoms with Crippen molar-refractivity contribution in [3.8, 4) is 0 Å². The Morgan fingerprint density at radius 3 is 2.88 bits per heavy atom. The highest BCUT2D eigenvalue weighted by molar-refractivity contribution is 7.08. The average Bonchev–Trinajstić information content (AvgIpc) is 3.05. The van der Waals surface area contributed by atoms with Crippen molar-refractivity contribution in [2.45, 2.75) is 6.42 Å². The van der Waals surface area contributed by atoms with Gasteiger partial charge in [-0.25, -0.2) is 14.8 Å².